The first-order valence-electron chi connectivity index (χ1n) is 9.14. The average Bonchev–Trinajstić information content (AvgIpc) is 2.92. The number of carbonyl (C=O) groups is 2. The Kier molecular flexibility index (Phi) is 5.42. The Labute approximate surface area is 148 Å². The Morgan fingerprint density at radius 1 is 1.36 bits per heavy atom. The number of nitrogens with one attached hydrogen (secondary N) is 1. The Morgan fingerprint density at radius 3 is 2.84 bits per heavy atom. The molecule has 0 aromatic carbocycles. The molecule has 0 unspecified atom stereocenters. The van der Waals surface area contributed by atoms with Crippen molar-refractivity contribution in [3.8, 4) is 0 Å². The number of carbonyl (C=O) groups excluding carboxylic acids is 2. The molecule has 1 N–H and O–H groups in total. The lowest BCUT2D eigenvalue weighted by Gasteiger charge is -2.47. The van der Waals surface area contributed by atoms with Crippen LogP contribution in [0.15, 0.2) is 4.52 Å². The molecule has 0 bridgehead atoms. The Bertz CT molecular complexity index is 623. The van der Waals surface area contributed by atoms with Gasteiger partial charge in [0.05, 0.1) is 12.1 Å². The highest BCUT2D eigenvalue weighted by molar-refractivity contribution is 5.80. The van der Waals surface area contributed by atoms with Gasteiger partial charge in [-0.2, -0.15) is 0 Å². The molecular formula is C18H28N4O3. The zero-order valence-electron chi connectivity index (χ0n) is 15.4. The van der Waals surface area contributed by atoms with Gasteiger partial charge in [-0.3, -0.25) is 9.59 Å². The predicted octanol–water partition coefficient (Wildman–Crippen LogP) is 0.893. The van der Waals surface area contributed by atoms with Crippen molar-refractivity contribution in [2.24, 2.45) is 5.92 Å². The van der Waals surface area contributed by atoms with E-state index in [4.69, 9.17) is 4.52 Å². The normalized spacial score (nSPS) is 23.7. The maximum Gasteiger partial charge on any atom is 0.227 e. The quantitative estimate of drug-likeness (QED) is 0.855. The van der Waals surface area contributed by atoms with E-state index >= 15 is 0 Å². The number of likely N-dealkylation sites (tertiary alicyclic amines) is 2. The summed E-state index contributed by atoms with van der Waals surface area (Å²) >= 11 is 0. The molecule has 7 heteroatoms. The second kappa shape index (κ2) is 7.56. The fourth-order valence-electron chi connectivity index (χ4n) is 4.12. The number of hydrogen-bond acceptors (Lipinski definition) is 5. The smallest absolute Gasteiger partial charge is 0.227 e. The number of aryl methyl sites for hydroxylation is 2. The maximum absolute atomic E-state index is 12.7. The first-order valence-corrected chi connectivity index (χ1v) is 9.14. The van der Waals surface area contributed by atoms with Gasteiger partial charge < -0.3 is 19.6 Å². The highest BCUT2D eigenvalue weighted by atomic mass is 16.5. The SMILES string of the molecule is CNCCN1C(=O)CC[C@H]2CN(C(=O)Cc3c(C)noc3C)CC[C@H]21. The fraction of sp³-hybridized carbons (Fsp3) is 0.722. The Balaban J connectivity index is 1.63. The summed E-state index contributed by atoms with van der Waals surface area (Å²) in [4.78, 5) is 29.0. The van der Waals surface area contributed by atoms with Gasteiger partial charge in [0, 0.05) is 44.2 Å². The van der Waals surface area contributed by atoms with Gasteiger partial charge in [-0.15, -0.1) is 0 Å². The van der Waals surface area contributed by atoms with Crippen LogP contribution in [0.3, 0.4) is 0 Å². The lowest BCUT2D eigenvalue weighted by atomic mass is 9.83. The van der Waals surface area contributed by atoms with Crippen LogP contribution >= 0.6 is 0 Å². The predicted molar refractivity (Wildman–Crippen MR) is 93.0 cm³/mol. The summed E-state index contributed by atoms with van der Waals surface area (Å²) in [5.41, 5.74) is 1.70. The van der Waals surface area contributed by atoms with Crippen molar-refractivity contribution in [3.63, 3.8) is 0 Å². The van der Waals surface area contributed by atoms with Crippen molar-refractivity contribution in [3.05, 3.63) is 17.0 Å². The molecule has 0 spiro atoms. The minimum atomic E-state index is 0.131. The molecule has 0 saturated carbocycles. The van der Waals surface area contributed by atoms with E-state index < -0.39 is 0 Å². The second-order valence-electron chi connectivity index (χ2n) is 7.16. The molecule has 2 atom stereocenters. The molecule has 25 heavy (non-hydrogen) atoms. The summed E-state index contributed by atoms with van der Waals surface area (Å²) in [5.74, 6) is 1.50. The van der Waals surface area contributed by atoms with Crippen molar-refractivity contribution in [1.82, 2.24) is 20.3 Å². The molecule has 3 heterocycles. The topological polar surface area (TPSA) is 78.7 Å². The van der Waals surface area contributed by atoms with Crippen LogP contribution in [0.2, 0.25) is 0 Å². The summed E-state index contributed by atoms with van der Waals surface area (Å²) in [6.07, 6.45) is 2.69. The van der Waals surface area contributed by atoms with Crippen LogP contribution in [0.1, 0.15) is 36.3 Å². The lowest BCUT2D eigenvalue weighted by Crippen LogP contribution is -2.58. The number of amides is 2. The summed E-state index contributed by atoms with van der Waals surface area (Å²) in [6, 6.07) is 0.276. The molecule has 2 aliphatic rings. The van der Waals surface area contributed by atoms with E-state index in [1.807, 2.05) is 30.7 Å². The van der Waals surface area contributed by atoms with E-state index in [1.165, 1.54) is 0 Å². The number of aromatic nitrogens is 1. The molecule has 0 aliphatic carbocycles. The Hall–Kier alpha value is -1.89. The lowest BCUT2D eigenvalue weighted by molar-refractivity contribution is -0.143. The molecule has 0 radical (unpaired) electrons. The van der Waals surface area contributed by atoms with Crippen molar-refractivity contribution >= 4 is 11.8 Å². The molecule has 1 aromatic heterocycles. The number of nitrogens with zero attached hydrogens (tertiary/aromatic N) is 3. The van der Waals surface area contributed by atoms with E-state index in [0.717, 1.165) is 49.5 Å². The minimum Gasteiger partial charge on any atom is -0.361 e. The van der Waals surface area contributed by atoms with Crippen LogP contribution in [0.25, 0.3) is 0 Å². The summed E-state index contributed by atoms with van der Waals surface area (Å²) < 4.78 is 5.16. The van der Waals surface area contributed by atoms with Crippen molar-refractivity contribution in [1.29, 1.82) is 0 Å². The third-order valence-electron chi connectivity index (χ3n) is 5.61. The van der Waals surface area contributed by atoms with Gasteiger partial charge in [0.1, 0.15) is 5.76 Å². The molecule has 7 nitrogen and oxygen atoms in total. The molecule has 1 aromatic rings. The van der Waals surface area contributed by atoms with Gasteiger partial charge in [0.25, 0.3) is 0 Å². The van der Waals surface area contributed by atoms with E-state index in [0.29, 0.717) is 25.3 Å². The summed E-state index contributed by atoms with van der Waals surface area (Å²) in [6.45, 7) is 6.75. The average molecular weight is 348 g/mol. The first-order chi connectivity index (χ1) is 12.0. The number of rotatable bonds is 5. The molecule has 2 fully saturated rings. The van der Waals surface area contributed by atoms with Gasteiger partial charge in [-0.05, 0) is 39.7 Å². The van der Waals surface area contributed by atoms with Crippen LogP contribution in [0.5, 0.6) is 0 Å². The number of likely N-dealkylation sites (N-methyl/N-ethyl adjacent to an activating group) is 1. The van der Waals surface area contributed by atoms with Crippen LogP contribution in [-0.2, 0) is 16.0 Å². The highest BCUT2D eigenvalue weighted by Gasteiger charge is 2.40. The number of hydrogen-bond donors (Lipinski definition) is 1. The third-order valence-corrected chi connectivity index (χ3v) is 5.61. The molecule has 2 aliphatic heterocycles. The zero-order valence-corrected chi connectivity index (χ0v) is 15.4. The summed E-state index contributed by atoms with van der Waals surface area (Å²) in [5, 5.41) is 7.05. The first kappa shape index (κ1) is 17.9. The van der Waals surface area contributed by atoms with Gasteiger partial charge in [0.2, 0.25) is 11.8 Å². The Morgan fingerprint density at radius 2 is 2.16 bits per heavy atom. The highest BCUT2D eigenvalue weighted by Crippen LogP contribution is 2.31. The van der Waals surface area contributed by atoms with Gasteiger partial charge in [-0.25, -0.2) is 0 Å². The standard InChI is InChI=1S/C18H28N4O3/c1-12-15(13(2)25-20-12)10-18(24)21-8-6-16-14(11-21)4-5-17(23)22(16)9-7-19-3/h14,16,19H,4-11H2,1-3H3/t14-,16+/m0/s1. The van der Waals surface area contributed by atoms with Crippen molar-refractivity contribution < 1.29 is 14.1 Å². The number of piperidine rings is 2. The van der Waals surface area contributed by atoms with E-state index in [1.54, 1.807) is 0 Å². The molecule has 3 rings (SSSR count). The van der Waals surface area contributed by atoms with E-state index in [-0.39, 0.29) is 17.9 Å². The largest absolute Gasteiger partial charge is 0.361 e. The minimum absolute atomic E-state index is 0.131. The molecule has 138 valence electrons. The van der Waals surface area contributed by atoms with E-state index in [2.05, 4.69) is 10.5 Å². The molecular weight excluding hydrogens is 320 g/mol. The van der Waals surface area contributed by atoms with Crippen LogP contribution in [-0.4, -0.2) is 66.0 Å². The van der Waals surface area contributed by atoms with Crippen LogP contribution < -0.4 is 5.32 Å². The van der Waals surface area contributed by atoms with Crippen LogP contribution in [0, 0.1) is 19.8 Å². The number of fused-ring (bicyclic) bond motifs is 1. The maximum atomic E-state index is 12.7. The zero-order chi connectivity index (χ0) is 18.0. The van der Waals surface area contributed by atoms with Crippen molar-refractivity contribution in [2.45, 2.75) is 45.6 Å². The second-order valence-corrected chi connectivity index (χ2v) is 7.16. The van der Waals surface area contributed by atoms with Gasteiger partial charge >= 0.3 is 0 Å². The summed E-state index contributed by atoms with van der Waals surface area (Å²) in [7, 11) is 1.90. The molecule has 2 amide bonds. The molecule has 2 saturated heterocycles. The van der Waals surface area contributed by atoms with Gasteiger partial charge in [-0.1, -0.05) is 5.16 Å². The van der Waals surface area contributed by atoms with E-state index in [9.17, 15) is 9.59 Å². The monoisotopic (exact) mass is 348 g/mol. The van der Waals surface area contributed by atoms with Crippen molar-refractivity contribution in [2.75, 3.05) is 33.2 Å². The third kappa shape index (κ3) is 3.71. The fourth-order valence-corrected chi connectivity index (χ4v) is 4.12. The van der Waals surface area contributed by atoms with Crippen LogP contribution in [0.4, 0.5) is 0 Å². The van der Waals surface area contributed by atoms with Gasteiger partial charge in [0.15, 0.2) is 0 Å².